The van der Waals surface area contributed by atoms with Gasteiger partial charge in [0.2, 0.25) is 0 Å². The van der Waals surface area contributed by atoms with E-state index in [2.05, 4.69) is 15.6 Å². The molecule has 0 bridgehead atoms. The maximum Gasteiger partial charge on any atom is 0.338 e. The molecule has 142 valence electrons. The molecule has 0 aliphatic carbocycles. The van der Waals surface area contributed by atoms with Crippen LogP contribution in [0.2, 0.25) is 5.02 Å². The van der Waals surface area contributed by atoms with Crippen LogP contribution in [-0.4, -0.2) is 23.5 Å². The number of anilines is 3. The predicted molar refractivity (Wildman–Crippen MR) is 109 cm³/mol. The monoisotopic (exact) mass is 395 g/mol. The van der Waals surface area contributed by atoms with E-state index >= 15 is 0 Å². The van der Waals surface area contributed by atoms with Gasteiger partial charge in [0.05, 0.1) is 24.1 Å². The van der Waals surface area contributed by atoms with Gasteiger partial charge in [0.25, 0.3) is 5.91 Å². The minimum Gasteiger partial charge on any atom is -0.462 e. The van der Waals surface area contributed by atoms with Crippen molar-refractivity contribution >= 4 is 40.7 Å². The number of aromatic nitrogens is 1. The van der Waals surface area contributed by atoms with Crippen LogP contribution in [0.4, 0.5) is 17.2 Å². The number of carbonyl (C=O) groups is 2. The number of pyridine rings is 1. The van der Waals surface area contributed by atoms with Crippen LogP contribution < -0.4 is 10.6 Å². The highest BCUT2D eigenvalue weighted by Crippen LogP contribution is 2.18. The first-order valence-corrected chi connectivity index (χ1v) is 9.00. The molecule has 6 nitrogen and oxygen atoms in total. The third-order valence-electron chi connectivity index (χ3n) is 3.80. The lowest BCUT2D eigenvalue weighted by Crippen LogP contribution is -2.11. The number of benzene rings is 2. The lowest BCUT2D eigenvalue weighted by Gasteiger charge is -2.09. The summed E-state index contributed by atoms with van der Waals surface area (Å²) in [6.45, 7) is 2.10. The Morgan fingerprint density at radius 2 is 1.57 bits per heavy atom. The molecule has 28 heavy (non-hydrogen) atoms. The first-order chi connectivity index (χ1) is 13.5. The molecule has 1 aromatic heterocycles. The van der Waals surface area contributed by atoms with E-state index in [4.69, 9.17) is 16.3 Å². The van der Waals surface area contributed by atoms with Gasteiger partial charge in [-0.05, 0) is 67.6 Å². The topological polar surface area (TPSA) is 80.3 Å². The van der Waals surface area contributed by atoms with Crippen LogP contribution in [-0.2, 0) is 4.74 Å². The predicted octanol–water partition coefficient (Wildman–Crippen LogP) is 4.91. The molecule has 0 aliphatic heterocycles. The van der Waals surface area contributed by atoms with E-state index in [0.717, 1.165) is 5.69 Å². The summed E-state index contributed by atoms with van der Waals surface area (Å²) in [6.07, 6.45) is 1.56. The maximum absolute atomic E-state index is 12.2. The third-order valence-corrected chi connectivity index (χ3v) is 4.05. The van der Waals surface area contributed by atoms with E-state index < -0.39 is 0 Å². The third kappa shape index (κ3) is 5.08. The van der Waals surface area contributed by atoms with Gasteiger partial charge >= 0.3 is 5.97 Å². The Hall–Kier alpha value is -3.38. The van der Waals surface area contributed by atoms with Gasteiger partial charge in [0, 0.05) is 16.3 Å². The van der Waals surface area contributed by atoms with Crippen molar-refractivity contribution in [3.05, 3.63) is 83.0 Å². The van der Waals surface area contributed by atoms with Gasteiger partial charge in [0.15, 0.2) is 0 Å². The fourth-order valence-corrected chi connectivity index (χ4v) is 2.52. The van der Waals surface area contributed by atoms with Crippen molar-refractivity contribution < 1.29 is 14.3 Å². The SMILES string of the molecule is CCOC(=O)c1ccc(Nc2ccc(NC(=O)c3ccc(Cl)cc3)cn2)cc1. The summed E-state index contributed by atoms with van der Waals surface area (Å²) in [5.74, 6) is 0.00932. The highest BCUT2D eigenvalue weighted by Gasteiger charge is 2.07. The lowest BCUT2D eigenvalue weighted by atomic mass is 10.2. The molecule has 2 aromatic carbocycles. The summed E-state index contributed by atoms with van der Waals surface area (Å²) in [4.78, 5) is 28.1. The van der Waals surface area contributed by atoms with Crippen LogP contribution in [0, 0.1) is 0 Å². The highest BCUT2D eigenvalue weighted by atomic mass is 35.5. The molecule has 3 aromatic rings. The average molecular weight is 396 g/mol. The lowest BCUT2D eigenvalue weighted by molar-refractivity contribution is 0.0526. The van der Waals surface area contributed by atoms with E-state index in [1.165, 1.54) is 0 Å². The Morgan fingerprint density at radius 1 is 0.929 bits per heavy atom. The summed E-state index contributed by atoms with van der Waals surface area (Å²) in [7, 11) is 0. The Balaban J connectivity index is 1.60. The van der Waals surface area contributed by atoms with Crippen molar-refractivity contribution in [2.24, 2.45) is 0 Å². The van der Waals surface area contributed by atoms with Gasteiger partial charge in [-0.25, -0.2) is 9.78 Å². The molecule has 7 heteroatoms. The Labute approximate surface area is 167 Å². The minimum atomic E-state index is -0.354. The smallest absolute Gasteiger partial charge is 0.338 e. The van der Waals surface area contributed by atoms with Crippen LogP contribution in [0.15, 0.2) is 66.9 Å². The van der Waals surface area contributed by atoms with E-state index in [1.54, 1.807) is 73.8 Å². The van der Waals surface area contributed by atoms with Gasteiger partial charge < -0.3 is 15.4 Å². The van der Waals surface area contributed by atoms with Gasteiger partial charge in [-0.15, -0.1) is 0 Å². The van der Waals surface area contributed by atoms with E-state index in [1.807, 2.05) is 0 Å². The quantitative estimate of drug-likeness (QED) is 0.580. The molecule has 0 atom stereocenters. The Bertz CT molecular complexity index is 956. The molecule has 0 saturated carbocycles. The number of amides is 1. The number of nitrogens with one attached hydrogen (secondary N) is 2. The molecule has 0 radical (unpaired) electrons. The standard InChI is InChI=1S/C21H18ClN3O3/c1-2-28-21(27)15-5-9-17(10-6-15)24-19-12-11-18(13-23-19)25-20(26)14-3-7-16(22)8-4-14/h3-13H,2H2,1H3,(H,23,24)(H,25,26). The van der Waals surface area contributed by atoms with Crippen LogP contribution in [0.5, 0.6) is 0 Å². The Kier molecular flexibility index (Phi) is 6.24. The minimum absolute atomic E-state index is 0.242. The molecule has 3 rings (SSSR count). The largest absolute Gasteiger partial charge is 0.462 e. The number of carbonyl (C=O) groups excluding carboxylic acids is 2. The van der Waals surface area contributed by atoms with Crippen LogP contribution in [0.3, 0.4) is 0 Å². The molecule has 0 fully saturated rings. The molecule has 0 unspecified atom stereocenters. The van der Waals surface area contributed by atoms with Crippen LogP contribution in [0.1, 0.15) is 27.6 Å². The van der Waals surface area contributed by atoms with Crippen molar-refractivity contribution in [1.82, 2.24) is 4.98 Å². The molecule has 0 spiro atoms. The number of ether oxygens (including phenoxy) is 1. The fourth-order valence-electron chi connectivity index (χ4n) is 2.40. The van der Waals surface area contributed by atoms with E-state index in [-0.39, 0.29) is 11.9 Å². The van der Waals surface area contributed by atoms with Crippen LogP contribution in [0.25, 0.3) is 0 Å². The van der Waals surface area contributed by atoms with Gasteiger partial charge in [-0.1, -0.05) is 11.6 Å². The number of nitrogens with zero attached hydrogens (tertiary/aromatic N) is 1. The van der Waals surface area contributed by atoms with Gasteiger partial charge in [-0.3, -0.25) is 4.79 Å². The van der Waals surface area contributed by atoms with Crippen molar-refractivity contribution in [3.63, 3.8) is 0 Å². The molecule has 2 N–H and O–H groups in total. The van der Waals surface area contributed by atoms with E-state index in [0.29, 0.717) is 34.3 Å². The summed E-state index contributed by atoms with van der Waals surface area (Å²) < 4.78 is 4.96. The highest BCUT2D eigenvalue weighted by molar-refractivity contribution is 6.30. The second-order valence-corrected chi connectivity index (χ2v) is 6.25. The number of halogens is 1. The normalized spacial score (nSPS) is 10.2. The fraction of sp³-hybridized carbons (Fsp3) is 0.0952. The van der Waals surface area contributed by atoms with Crippen molar-refractivity contribution in [3.8, 4) is 0 Å². The maximum atomic E-state index is 12.2. The first kappa shape index (κ1) is 19.4. The second-order valence-electron chi connectivity index (χ2n) is 5.82. The summed E-state index contributed by atoms with van der Waals surface area (Å²) in [5, 5.41) is 6.48. The molecular weight excluding hydrogens is 378 g/mol. The zero-order chi connectivity index (χ0) is 19.9. The van der Waals surface area contributed by atoms with E-state index in [9.17, 15) is 9.59 Å². The number of esters is 1. The molecular formula is C21H18ClN3O3. The zero-order valence-corrected chi connectivity index (χ0v) is 15.9. The molecule has 0 aliphatic rings. The number of hydrogen-bond donors (Lipinski definition) is 2. The van der Waals surface area contributed by atoms with Crippen molar-refractivity contribution in [1.29, 1.82) is 0 Å². The van der Waals surface area contributed by atoms with Crippen LogP contribution >= 0.6 is 11.6 Å². The summed E-state index contributed by atoms with van der Waals surface area (Å²) in [5.41, 5.74) is 2.34. The van der Waals surface area contributed by atoms with Gasteiger partial charge in [0.1, 0.15) is 5.82 Å². The summed E-state index contributed by atoms with van der Waals surface area (Å²) >= 11 is 5.83. The molecule has 0 saturated heterocycles. The first-order valence-electron chi connectivity index (χ1n) is 8.62. The van der Waals surface area contributed by atoms with Crippen molar-refractivity contribution in [2.45, 2.75) is 6.92 Å². The zero-order valence-electron chi connectivity index (χ0n) is 15.1. The molecule has 1 heterocycles. The Morgan fingerprint density at radius 3 is 2.18 bits per heavy atom. The summed E-state index contributed by atoms with van der Waals surface area (Å²) in [6, 6.07) is 17.0. The van der Waals surface area contributed by atoms with Gasteiger partial charge in [-0.2, -0.15) is 0 Å². The number of rotatable bonds is 6. The average Bonchev–Trinajstić information content (AvgIpc) is 2.70. The molecule has 1 amide bonds. The second kappa shape index (κ2) is 9.01. The van der Waals surface area contributed by atoms with Crippen molar-refractivity contribution in [2.75, 3.05) is 17.2 Å². The number of hydrogen-bond acceptors (Lipinski definition) is 5.